The Hall–Kier alpha value is -3.73. The van der Waals surface area contributed by atoms with Crippen molar-refractivity contribution in [3.63, 3.8) is 0 Å². The lowest BCUT2D eigenvalue weighted by atomic mass is 9.80. The molecule has 0 aromatic heterocycles. The van der Waals surface area contributed by atoms with Gasteiger partial charge in [-0.05, 0) is 138 Å². The summed E-state index contributed by atoms with van der Waals surface area (Å²) >= 11 is 0. The minimum atomic E-state index is -2.29. The zero-order valence-corrected chi connectivity index (χ0v) is 66.3. The van der Waals surface area contributed by atoms with E-state index in [1.54, 1.807) is 7.11 Å². The number of unbranched alkanes of at least 4 members (excludes halogenated alkanes) is 1. The van der Waals surface area contributed by atoms with E-state index in [2.05, 4.69) is 316 Å². The Morgan fingerprint density at radius 2 is 0.890 bits per heavy atom. The second-order valence-electron chi connectivity index (χ2n) is 32.7. The molecule has 0 radical (unpaired) electrons. The molecule has 0 heterocycles. The fourth-order valence-corrected chi connectivity index (χ4v) is 16.7. The molecule has 0 aliphatic carbocycles. The molecule has 4 aromatic carbocycles. The Morgan fingerprint density at radius 3 is 1.34 bits per heavy atom. The van der Waals surface area contributed by atoms with Crippen LogP contribution in [0.15, 0.2) is 164 Å². The summed E-state index contributed by atoms with van der Waals surface area (Å²) in [4.78, 5) is 0. The van der Waals surface area contributed by atoms with E-state index in [1.807, 2.05) is 18.2 Å². The van der Waals surface area contributed by atoms with E-state index in [-0.39, 0.29) is 74.3 Å². The summed E-state index contributed by atoms with van der Waals surface area (Å²) in [5.74, 6) is 1.64. The normalized spacial score (nSPS) is 17.2. The molecule has 0 saturated heterocycles. The van der Waals surface area contributed by atoms with Gasteiger partial charge in [0, 0.05) is 18.3 Å². The molecule has 0 spiro atoms. The number of benzene rings is 4. The van der Waals surface area contributed by atoms with E-state index < -0.39 is 38.9 Å². The molecule has 0 bridgehead atoms. The highest BCUT2D eigenvalue weighted by atomic mass is 28.4. The molecular weight excluding hydrogens is 1190 g/mol. The van der Waals surface area contributed by atoms with Gasteiger partial charge in [0.15, 0.2) is 33.3 Å². The van der Waals surface area contributed by atoms with Crippen molar-refractivity contribution < 1.29 is 31.9 Å². The van der Waals surface area contributed by atoms with Crippen LogP contribution in [0.4, 0.5) is 0 Å². The van der Waals surface area contributed by atoms with Crippen LogP contribution < -0.4 is 4.74 Å². The highest BCUT2D eigenvalue weighted by molar-refractivity contribution is 6.75. The Labute approximate surface area is 562 Å². The fourth-order valence-electron chi connectivity index (χ4n) is 11.1. The van der Waals surface area contributed by atoms with Gasteiger partial charge < -0.3 is 31.9 Å². The maximum Gasteiger partial charge on any atom is 0.192 e. The molecule has 0 unspecified atom stereocenters. The average molecular weight is 1320 g/mol. The number of allylic oxidation sites excluding steroid dienone is 2. The predicted molar refractivity (Wildman–Crippen MR) is 402 cm³/mol. The van der Waals surface area contributed by atoms with Crippen molar-refractivity contribution >= 4 is 33.3 Å². The molecule has 10 atom stereocenters. The first-order valence-electron chi connectivity index (χ1n) is 34.5. The van der Waals surface area contributed by atoms with Gasteiger partial charge in [0.05, 0.1) is 50.8 Å². The third-order valence-electron chi connectivity index (χ3n) is 21.3. The van der Waals surface area contributed by atoms with E-state index in [4.69, 9.17) is 31.9 Å². The molecule has 0 N–H and O–H groups in total. The van der Waals surface area contributed by atoms with Crippen molar-refractivity contribution in [1.82, 2.24) is 0 Å². The summed E-state index contributed by atoms with van der Waals surface area (Å²) in [6.45, 7) is 64.2. The molecular formula is C80H130O7Si4. The highest BCUT2D eigenvalue weighted by Gasteiger charge is 2.46. The van der Waals surface area contributed by atoms with Crippen molar-refractivity contribution in [3.8, 4) is 5.75 Å². The first-order chi connectivity index (χ1) is 42.1. The number of hydrogen-bond acceptors (Lipinski definition) is 7. The largest absolute Gasteiger partial charge is 0.497 e. The number of methoxy groups -OCH3 is 1. The molecule has 0 amide bonds. The summed E-state index contributed by atoms with van der Waals surface area (Å²) in [5.41, 5.74) is 3.58. The van der Waals surface area contributed by atoms with Crippen molar-refractivity contribution in [1.29, 1.82) is 0 Å². The predicted octanol–water partition coefficient (Wildman–Crippen LogP) is 23.1. The summed E-state index contributed by atoms with van der Waals surface area (Å²) in [6, 6.07) is 40.2. The third kappa shape index (κ3) is 23.0. The first kappa shape index (κ1) is 79.7. The zero-order chi connectivity index (χ0) is 68.4. The van der Waals surface area contributed by atoms with Crippen LogP contribution in [0.3, 0.4) is 0 Å². The van der Waals surface area contributed by atoms with Crippen LogP contribution in [0.2, 0.25) is 72.5 Å². The standard InChI is InChI=1S/C80H130O7Si4/c1-28-29-42-63(4)75(82-60-66-53-56-70(81-19)57-54-66)65(6)72(85-89(22,23)77(10,11)12)51-40-39-43-62(3)74(87-91(26,27)79(16,17)18)64(5)52-55-71(84-88(20,21)76(7,8)9)59-73(86-90(24,25)78(13,14)15)61(2)44-41-58-83-80(67-45-33-30-34-46-67,68-47-35-31-36-48-68)69-49-37-32-38-50-69/h28-38,41-42,44-50,52-57,61-65,71-75H,1,39-40,43,51,58-60H2,2-27H3/b42-29-,44-41+,55-52-/t61-,62+,63+,64+,65+,71-,72-,73+,74-,75+/m1/s1. The van der Waals surface area contributed by atoms with Crippen molar-refractivity contribution in [2.45, 2.75) is 265 Å². The molecule has 4 aromatic rings. The van der Waals surface area contributed by atoms with Crippen LogP contribution in [0.1, 0.15) is 172 Å². The van der Waals surface area contributed by atoms with E-state index in [0.717, 1.165) is 60.1 Å². The van der Waals surface area contributed by atoms with Crippen molar-refractivity contribution in [2.24, 2.45) is 29.6 Å². The van der Waals surface area contributed by atoms with Crippen molar-refractivity contribution in [2.75, 3.05) is 13.7 Å². The lowest BCUT2D eigenvalue weighted by Gasteiger charge is -2.44. The highest BCUT2D eigenvalue weighted by Crippen LogP contribution is 2.45. The monoisotopic (exact) mass is 1310 g/mol. The maximum atomic E-state index is 7.64. The molecule has 0 aliphatic rings. The SMILES string of the molecule is C=C/C=C\[C@H](C)[C@H](OCc1ccc(OC)cc1)[C@@H](C)[C@@H](CCCC[C@H](C)[C@@H](O[Si](C)(C)C(C)(C)C)[C@@H](C)/C=C\[C@H](C[C@H](O[Si](C)(C)C(C)(C)C)[C@H](C)/C=C/COC(c1ccccc1)(c1ccccc1)c1ccccc1)O[Si](C)(C)C(C)(C)C)O[Si](C)(C)C(C)(C)C. The van der Waals surface area contributed by atoms with E-state index in [0.29, 0.717) is 19.1 Å². The van der Waals surface area contributed by atoms with Gasteiger partial charge in [-0.15, -0.1) is 0 Å². The van der Waals surface area contributed by atoms with E-state index in [1.165, 1.54) is 0 Å². The fraction of sp³-hybridized carbons (Fsp3) is 0.600. The Kier molecular flexibility index (Phi) is 30.0. The van der Waals surface area contributed by atoms with Gasteiger partial charge in [0.1, 0.15) is 11.4 Å². The number of rotatable bonds is 36. The molecule has 11 heteroatoms. The minimum absolute atomic E-state index is 0.00706. The maximum absolute atomic E-state index is 7.64. The Bertz CT molecular complexity index is 2720. The lowest BCUT2D eigenvalue weighted by Crippen LogP contribution is -2.48. The summed E-state index contributed by atoms with van der Waals surface area (Å²) in [7, 11) is -7.26. The van der Waals surface area contributed by atoms with Crippen LogP contribution >= 0.6 is 0 Å². The summed E-state index contributed by atoms with van der Waals surface area (Å²) < 4.78 is 50.1. The minimum Gasteiger partial charge on any atom is -0.497 e. The third-order valence-corrected chi connectivity index (χ3v) is 39.3. The molecule has 7 nitrogen and oxygen atoms in total. The van der Waals surface area contributed by atoms with Gasteiger partial charge in [-0.3, -0.25) is 0 Å². The van der Waals surface area contributed by atoms with Crippen LogP contribution in [0.5, 0.6) is 5.75 Å². The van der Waals surface area contributed by atoms with E-state index in [9.17, 15) is 0 Å². The molecule has 4 rings (SSSR count). The van der Waals surface area contributed by atoms with Crippen LogP contribution in [0.25, 0.3) is 0 Å². The van der Waals surface area contributed by atoms with Gasteiger partial charge in [-0.2, -0.15) is 0 Å². The lowest BCUT2D eigenvalue weighted by molar-refractivity contribution is -0.0544. The van der Waals surface area contributed by atoms with Gasteiger partial charge in [-0.25, -0.2) is 0 Å². The van der Waals surface area contributed by atoms with Gasteiger partial charge in [0.2, 0.25) is 0 Å². The Morgan fingerprint density at radius 1 is 0.462 bits per heavy atom. The van der Waals surface area contributed by atoms with Gasteiger partial charge >= 0.3 is 0 Å². The zero-order valence-electron chi connectivity index (χ0n) is 62.3. The van der Waals surface area contributed by atoms with Gasteiger partial charge in [-0.1, -0.05) is 283 Å². The quantitative estimate of drug-likeness (QED) is 0.0148. The molecule has 0 saturated carbocycles. The summed E-state index contributed by atoms with van der Waals surface area (Å²) in [6.07, 6.45) is 20.2. The van der Waals surface area contributed by atoms with Crippen LogP contribution in [-0.2, 0) is 39.4 Å². The molecule has 508 valence electrons. The summed E-state index contributed by atoms with van der Waals surface area (Å²) in [5, 5.41) is 0.127. The number of hydrogen-bond donors (Lipinski definition) is 0. The number of ether oxygens (including phenoxy) is 3. The van der Waals surface area contributed by atoms with E-state index >= 15 is 0 Å². The molecule has 0 aliphatic heterocycles. The molecule has 91 heavy (non-hydrogen) atoms. The smallest absolute Gasteiger partial charge is 0.192 e. The second kappa shape index (κ2) is 34.3. The molecule has 0 fully saturated rings. The van der Waals surface area contributed by atoms with Gasteiger partial charge in [0.25, 0.3) is 0 Å². The average Bonchev–Trinajstić information content (AvgIpc) is 0.772. The Balaban J connectivity index is 1.71. The topological polar surface area (TPSA) is 64.6 Å². The van der Waals surface area contributed by atoms with Crippen LogP contribution in [0, 0.1) is 29.6 Å². The first-order valence-corrected chi connectivity index (χ1v) is 46.2. The second-order valence-corrected chi connectivity index (χ2v) is 51.7. The van der Waals surface area contributed by atoms with Crippen molar-refractivity contribution in [3.05, 3.63) is 187 Å². The van der Waals surface area contributed by atoms with Crippen LogP contribution in [-0.4, -0.2) is 77.5 Å².